The molecule has 164 valence electrons. The van der Waals surface area contributed by atoms with Gasteiger partial charge in [-0.2, -0.15) is 0 Å². The summed E-state index contributed by atoms with van der Waals surface area (Å²) in [6.45, 7) is 13.0. The van der Waals surface area contributed by atoms with Crippen LogP contribution in [0.15, 0.2) is 0 Å². The number of amides is 2. The molecule has 2 aliphatic heterocycles. The van der Waals surface area contributed by atoms with Gasteiger partial charge in [0.05, 0.1) is 0 Å². The van der Waals surface area contributed by atoms with E-state index in [2.05, 4.69) is 17.3 Å². The quantitative estimate of drug-likeness (QED) is 0.742. The van der Waals surface area contributed by atoms with Gasteiger partial charge in [-0.25, -0.2) is 0 Å². The summed E-state index contributed by atoms with van der Waals surface area (Å²) < 4.78 is 0. The highest BCUT2D eigenvalue weighted by molar-refractivity contribution is 5.87. The fraction of sp³-hybridized carbons (Fsp3) is 0.857. The summed E-state index contributed by atoms with van der Waals surface area (Å²) in [5, 5.41) is 11.4. The van der Waals surface area contributed by atoms with Crippen LogP contribution < -0.4 is 5.32 Å². The number of carbonyl (C=O) groups excluding carboxylic acids is 2. The SMILES string of the molecule is CC.CC.CC(=O)NC(CCC(=O)O)C(=O)N1CCC2(CCN(C)CC2)CC1. The minimum absolute atomic E-state index is 0.124. The third-order valence-electron chi connectivity index (χ3n) is 5.51. The van der Waals surface area contributed by atoms with Crippen LogP contribution in [0.3, 0.4) is 0 Å². The van der Waals surface area contributed by atoms with Gasteiger partial charge < -0.3 is 20.2 Å². The van der Waals surface area contributed by atoms with Gasteiger partial charge in [-0.3, -0.25) is 14.4 Å². The molecule has 2 amide bonds. The van der Waals surface area contributed by atoms with Crippen LogP contribution in [-0.2, 0) is 14.4 Å². The van der Waals surface area contributed by atoms with Crippen LogP contribution in [-0.4, -0.2) is 72.0 Å². The molecule has 28 heavy (non-hydrogen) atoms. The van der Waals surface area contributed by atoms with E-state index in [4.69, 9.17) is 5.11 Å². The number of carboxylic acids is 1. The number of nitrogens with one attached hydrogen (secondary N) is 1. The highest BCUT2D eigenvalue weighted by Gasteiger charge is 2.39. The zero-order valence-electron chi connectivity index (χ0n) is 18.7. The minimum atomic E-state index is -0.956. The molecule has 1 atom stereocenters. The van der Waals surface area contributed by atoms with Crippen molar-refractivity contribution in [2.24, 2.45) is 5.41 Å². The fourth-order valence-electron chi connectivity index (χ4n) is 3.79. The summed E-state index contributed by atoms with van der Waals surface area (Å²) in [7, 11) is 2.14. The van der Waals surface area contributed by atoms with Crippen LogP contribution in [0.5, 0.6) is 0 Å². The van der Waals surface area contributed by atoms with E-state index in [0.29, 0.717) is 18.5 Å². The summed E-state index contributed by atoms with van der Waals surface area (Å²) in [5.74, 6) is -1.40. The number of piperidine rings is 2. The van der Waals surface area contributed by atoms with Gasteiger partial charge in [-0.05, 0) is 57.7 Å². The molecular weight excluding hydrogens is 358 g/mol. The third-order valence-corrected chi connectivity index (χ3v) is 5.51. The van der Waals surface area contributed by atoms with Gasteiger partial charge in [0.15, 0.2) is 0 Å². The molecule has 7 nitrogen and oxygen atoms in total. The van der Waals surface area contributed by atoms with Gasteiger partial charge in [0, 0.05) is 26.4 Å². The molecule has 2 aliphatic rings. The molecule has 7 heteroatoms. The monoisotopic (exact) mass is 399 g/mol. The van der Waals surface area contributed by atoms with E-state index in [1.807, 2.05) is 27.7 Å². The lowest BCUT2D eigenvalue weighted by molar-refractivity contribution is -0.140. The summed E-state index contributed by atoms with van der Waals surface area (Å²) >= 11 is 0. The Labute approximate surface area is 170 Å². The van der Waals surface area contributed by atoms with Gasteiger partial charge in [0.1, 0.15) is 6.04 Å². The Bertz CT molecular complexity index is 478. The second-order valence-corrected chi connectivity index (χ2v) is 7.31. The molecule has 2 heterocycles. The number of carboxylic acid groups (broad SMARTS) is 1. The van der Waals surface area contributed by atoms with Crippen molar-refractivity contribution < 1.29 is 19.5 Å². The van der Waals surface area contributed by atoms with Crippen LogP contribution in [0, 0.1) is 5.41 Å². The highest BCUT2D eigenvalue weighted by atomic mass is 16.4. The van der Waals surface area contributed by atoms with Crippen molar-refractivity contribution in [3.63, 3.8) is 0 Å². The molecule has 2 saturated heterocycles. The zero-order valence-corrected chi connectivity index (χ0v) is 18.7. The normalized spacial score (nSPS) is 19.4. The minimum Gasteiger partial charge on any atom is -0.481 e. The molecular formula is C21H41N3O4. The molecule has 1 spiro atoms. The van der Waals surface area contributed by atoms with Gasteiger partial charge in [0.25, 0.3) is 0 Å². The molecule has 0 saturated carbocycles. The average Bonchev–Trinajstić information content (AvgIpc) is 2.70. The molecule has 0 radical (unpaired) electrons. The van der Waals surface area contributed by atoms with Crippen LogP contribution >= 0.6 is 0 Å². The Hall–Kier alpha value is -1.63. The summed E-state index contributed by atoms with van der Waals surface area (Å²) in [4.78, 5) is 38.9. The van der Waals surface area contributed by atoms with E-state index >= 15 is 0 Å². The molecule has 0 aromatic carbocycles. The molecule has 0 aromatic rings. The largest absolute Gasteiger partial charge is 0.481 e. The van der Waals surface area contributed by atoms with E-state index in [1.54, 1.807) is 4.90 Å². The molecule has 1 unspecified atom stereocenters. The third kappa shape index (κ3) is 8.59. The number of hydrogen-bond donors (Lipinski definition) is 2. The molecule has 0 bridgehead atoms. The smallest absolute Gasteiger partial charge is 0.303 e. The standard InChI is InChI=1S/C17H29N3O4.2C2H6/c1-13(21)18-14(3-4-15(22)23)16(24)20-11-7-17(8-12-20)5-9-19(2)10-6-17;2*1-2/h14H,3-12H2,1-2H3,(H,18,21)(H,22,23);2*1-2H3. The summed E-state index contributed by atoms with van der Waals surface area (Å²) in [6, 6.07) is -0.731. The van der Waals surface area contributed by atoms with E-state index in [9.17, 15) is 14.4 Å². The first-order valence-corrected chi connectivity index (χ1v) is 10.8. The van der Waals surface area contributed by atoms with Gasteiger partial charge >= 0.3 is 5.97 Å². The predicted molar refractivity (Wildman–Crippen MR) is 112 cm³/mol. The van der Waals surface area contributed by atoms with Crippen molar-refractivity contribution >= 4 is 17.8 Å². The number of hydrogen-bond acceptors (Lipinski definition) is 4. The second-order valence-electron chi connectivity index (χ2n) is 7.31. The van der Waals surface area contributed by atoms with Crippen molar-refractivity contribution in [3.8, 4) is 0 Å². The summed E-state index contributed by atoms with van der Waals surface area (Å²) in [6.07, 6.45) is 4.37. The van der Waals surface area contributed by atoms with Crippen LogP contribution in [0.25, 0.3) is 0 Å². The van der Waals surface area contributed by atoms with E-state index in [0.717, 1.165) is 25.9 Å². The number of likely N-dealkylation sites (tertiary alicyclic amines) is 2. The van der Waals surface area contributed by atoms with Gasteiger partial charge in [-0.15, -0.1) is 0 Å². The van der Waals surface area contributed by atoms with Crippen molar-refractivity contribution in [2.45, 2.75) is 79.2 Å². The molecule has 2 N–H and O–H groups in total. The lowest BCUT2D eigenvalue weighted by atomic mass is 9.71. The number of rotatable bonds is 5. The fourth-order valence-corrected chi connectivity index (χ4v) is 3.79. The molecule has 0 aromatic heterocycles. The van der Waals surface area contributed by atoms with Crippen molar-refractivity contribution in [1.29, 1.82) is 0 Å². The first-order chi connectivity index (χ1) is 13.3. The number of aliphatic carboxylic acids is 1. The average molecular weight is 400 g/mol. The van der Waals surface area contributed by atoms with Crippen LogP contribution in [0.1, 0.15) is 73.1 Å². The highest BCUT2D eigenvalue weighted by Crippen LogP contribution is 2.41. The van der Waals surface area contributed by atoms with Gasteiger partial charge in [-0.1, -0.05) is 27.7 Å². The number of nitrogens with zero attached hydrogens (tertiary/aromatic N) is 2. The zero-order chi connectivity index (χ0) is 21.7. The maximum absolute atomic E-state index is 12.7. The maximum Gasteiger partial charge on any atom is 0.303 e. The van der Waals surface area contributed by atoms with Gasteiger partial charge in [0.2, 0.25) is 11.8 Å². The topological polar surface area (TPSA) is 89.9 Å². The summed E-state index contributed by atoms with van der Waals surface area (Å²) in [5.41, 5.74) is 0.355. The number of carbonyl (C=O) groups is 3. The van der Waals surface area contributed by atoms with Crippen molar-refractivity contribution in [1.82, 2.24) is 15.1 Å². The lowest BCUT2D eigenvalue weighted by Gasteiger charge is -2.46. The Kier molecular flexibility index (Phi) is 12.7. The molecule has 2 rings (SSSR count). The lowest BCUT2D eigenvalue weighted by Crippen LogP contribution is -2.53. The Morgan fingerprint density at radius 3 is 1.86 bits per heavy atom. The predicted octanol–water partition coefficient (Wildman–Crippen LogP) is 2.74. The molecule has 0 aliphatic carbocycles. The van der Waals surface area contributed by atoms with Crippen LogP contribution in [0.2, 0.25) is 0 Å². The first kappa shape index (κ1) is 26.4. The van der Waals surface area contributed by atoms with E-state index < -0.39 is 12.0 Å². The van der Waals surface area contributed by atoms with Crippen molar-refractivity contribution in [2.75, 3.05) is 33.2 Å². The Balaban J connectivity index is 0.00000171. The van der Waals surface area contributed by atoms with Crippen LogP contribution in [0.4, 0.5) is 0 Å². The second kappa shape index (κ2) is 13.5. The van der Waals surface area contributed by atoms with Crippen molar-refractivity contribution in [3.05, 3.63) is 0 Å². The molecule has 2 fully saturated rings. The Morgan fingerprint density at radius 1 is 0.964 bits per heavy atom. The van der Waals surface area contributed by atoms with E-state index in [-0.39, 0.29) is 24.7 Å². The Morgan fingerprint density at radius 2 is 1.43 bits per heavy atom. The van der Waals surface area contributed by atoms with E-state index in [1.165, 1.54) is 19.8 Å². The maximum atomic E-state index is 12.7. The first-order valence-electron chi connectivity index (χ1n) is 10.8.